The molecule has 0 spiro atoms. The van der Waals surface area contributed by atoms with Gasteiger partial charge in [0, 0.05) is 29.4 Å². The molecule has 2 aromatic carbocycles. The van der Waals surface area contributed by atoms with Crippen molar-refractivity contribution in [1.29, 1.82) is 0 Å². The fourth-order valence-corrected chi connectivity index (χ4v) is 1.93. The number of hydrogen-bond donors (Lipinski definition) is 2. The summed E-state index contributed by atoms with van der Waals surface area (Å²) < 4.78 is 0. The Hall–Kier alpha value is -2.59. The minimum absolute atomic E-state index is 0.161. The predicted molar refractivity (Wildman–Crippen MR) is 89.9 cm³/mol. The average molecular weight is 315 g/mol. The van der Waals surface area contributed by atoms with Crippen LogP contribution in [0.3, 0.4) is 0 Å². The second kappa shape index (κ2) is 7.43. The van der Waals surface area contributed by atoms with Gasteiger partial charge < -0.3 is 10.6 Å². The number of carbonyl (C=O) groups is 2. The van der Waals surface area contributed by atoms with E-state index in [0.29, 0.717) is 16.4 Å². The van der Waals surface area contributed by atoms with Gasteiger partial charge in [-0.3, -0.25) is 9.59 Å². The summed E-state index contributed by atoms with van der Waals surface area (Å²) in [7, 11) is 0. The summed E-state index contributed by atoms with van der Waals surface area (Å²) in [5.41, 5.74) is 2.12. The van der Waals surface area contributed by atoms with Crippen molar-refractivity contribution in [3.63, 3.8) is 0 Å². The van der Waals surface area contributed by atoms with Crippen molar-refractivity contribution in [2.24, 2.45) is 0 Å². The average Bonchev–Trinajstić information content (AvgIpc) is 2.46. The first-order valence-corrected chi connectivity index (χ1v) is 7.03. The van der Waals surface area contributed by atoms with Gasteiger partial charge in [0.1, 0.15) is 0 Å². The van der Waals surface area contributed by atoms with Crippen LogP contribution < -0.4 is 10.6 Å². The van der Waals surface area contributed by atoms with Crippen LogP contribution in [0.1, 0.15) is 12.5 Å². The number of carbonyl (C=O) groups excluding carboxylic acids is 2. The van der Waals surface area contributed by atoms with Gasteiger partial charge in [0.15, 0.2) is 0 Å². The molecule has 22 heavy (non-hydrogen) atoms. The van der Waals surface area contributed by atoms with Crippen LogP contribution in [0.2, 0.25) is 5.02 Å². The Bertz CT molecular complexity index is 709. The molecule has 5 heteroatoms. The van der Waals surface area contributed by atoms with E-state index < -0.39 is 0 Å². The van der Waals surface area contributed by atoms with E-state index in [2.05, 4.69) is 10.6 Å². The molecule has 0 saturated heterocycles. The van der Waals surface area contributed by atoms with Crippen molar-refractivity contribution in [2.45, 2.75) is 6.92 Å². The molecule has 0 aromatic heterocycles. The monoisotopic (exact) mass is 314 g/mol. The Morgan fingerprint density at radius 1 is 1.00 bits per heavy atom. The highest BCUT2D eigenvalue weighted by molar-refractivity contribution is 6.30. The number of amides is 2. The maximum Gasteiger partial charge on any atom is 0.248 e. The highest BCUT2D eigenvalue weighted by Gasteiger charge is 2.00. The largest absolute Gasteiger partial charge is 0.326 e. The normalized spacial score (nSPS) is 10.5. The first-order chi connectivity index (χ1) is 10.5. The van der Waals surface area contributed by atoms with Crippen molar-refractivity contribution in [3.05, 3.63) is 65.2 Å². The molecule has 0 fully saturated rings. The maximum atomic E-state index is 11.9. The van der Waals surface area contributed by atoms with Gasteiger partial charge in [0.25, 0.3) is 0 Å². The van der Waals surface area contributed by atoms with Crippen LogP contribution in [-0.4, -0.2) is 11.8 Å². The first-order valence-electron chi connectivity index (χ1n) is 6.65. The minimum Gasteiger partial charge on any atom is -0.326 e. The van der Waals surface area contributed by atoms with Crippen LogP contribution >= 0.6 is 11.6 Å². The molecule has 2 N–H and O–H groups in total. The Labute approximate surface area is 133 Å². The second-order valence-electron chi connectivity index (χ2n) is 4.64. The molecule has 0 heterocycles. The van der Waals surface area contributed by atoms with Crippen molar-refractivity contribution >= 4 is 40.9 Å². The van der Waals surface area contributed by atoms with Crippen LogP contribution in [-0.2, 0) is 9.59 Å². The molecule has 2 aromatic rings. The molecule has 2 rings (SSSR count). The van der Waals surface area contributed by atoms with Gasteiger partial charge in [-0.25, -0.2) is 0 Å². The Morgan fingerprint density at radius 2 is 1.64 bits per heavy atom. The van der Waals surface area contributed by atoms with Crippen molar-refractivity contribution in [2.75, 3.05) is 10.6 Å². The highest BCUT2D eigenvalue weighted by Crippen LogP contribution is 2.15. The van der Waals surface area contributed by atoms with Crippen LogP contribution in [0.15, 0.2) is 54.6 Å². The maximum absolute atomic E-state index is 11.9. The molecule has 0 aliphatic carbocycles. The molecular weight excluding hydrogens is 300 g/mol. The molecule has 0 aliphatic rings. The fourth-order valence-electron chi connectivity index (χ4n) is 1.81. The second-order valence-corrected chi connectivity index (χ2v) is 5.07. The van der Waals surface area contributed by atoms with Crippen molar-refractivity contribution in [1.82, 2.24) is 0 Å². The Kier molecular flexibility index (Phi) is 5.33. The van der Waals surface area contributed by atoms with Crippen molar-refractivity contribution < 1.29 is 9.59 Å². The van der Waals surface area contributed by atoms with Gasteiger partial charge in [-0.1, -0.05) is 29.8 Å². The number of halogens is 1. The zero-order valence-corrected chi connectivity index (χ0v) is 12.7. The minimum atomic E-state index is -0.255. The number of nitrogens with one attached hydrogen (secondary N) is 2. The molecule has 2 amide bonds. The molecule has 0 atom stereocenters. The van der Waals surface area contributed by atoms with E-state index in [1.807, 2.05) is 12.1 Å². The fraction of sp³-hybridized carbons (Fsp3) is 0.0588. The lowest BCUT2D eigenvalue weighted by molar-refractivity contribution is -0.114. The molecule has 0 bridgehead atoms. The van der Waals surface area contributed by atoms with E-state index in [0.717, 1.165) is 5.56 Å². The van der Waals surface area contributed by atoms with Gasteiger partial charge in [0.2, 0.25) is 11.8 Å². The smallest absolute Gasteiger partial charge is 0.248 e. The van der Waals surface area contributed by atoms with Gasteiger partial charge in [-0.15, -0.1) is 0 Å². The van der Waals surface area contributed by atoms with Crippen LogP contribution in [0.25, 0.3) is 6.08 Å². The Morgan fingerprint density at radius 3 is 2.27 bits per heavy atom. The molecule has 0 saturated carbocycles. The van der Waals surface area contributed by atoms with Crippen LogP contribution in [0.4, 0.5) is 11.4 Å². The Balaban J connectivity index is 1.99. The molecule has 0 radical (unpaired) electrons. The number of anilines is 2. The quantitative estimate of drug-likeness (QED) is 0.839. The van der Waals surface area contributed by atoms with Crippen LogP contribution in [0, 0.1) is 0 Å². The highest BCUT2D eigenvalue weighted by atomic mass is 35.5. The summed E-state index contributed by atoms with van der Waals surface area (Å²) in [4.78, 5) is 22.9. The summed E-state index contributed by atoms with van der Waals surface area (Å²) in [6.45, 7) is 1.43. The molecule has 0 aliphatic heterocycles. The lowest BCUT2D eigenvalue weighted by Crippen LogP contribution is -2.09. The molecular formula is C17H15ClN2O2. The van der Waals surface area contributed by atoms with E-state index >= 15 is 0 Å². The third-order valence-corrected chi connectivity index (χ3v) is 3.00. The van der Waals surface area contributed by atoms with Crippen molar-refractivity contribution in [3.8, 4) is 0 Å². The lowest BCUT2D eigenvalue weighted by atomic mass is 10.2. The summed E-state index contributed by atoms with van der Waals surface area (Å²) >= 11 is 5.80. The zero-order chi connectivity index (χ0) is 15.9. The van der Waals surface area contributed by atoms with E-state index in [1.54, 1.807) is 42.5 Å². The van der Waals surface area contributed by atoms with Gasteiger partial charge in [-0.2, -0.15) is 0 Å². The van der Waals surface area contributed by atoms with Crippen LogP contribution in [0.5, 0.6) is 0 Å². The van der Waals surface area contributed by atoms with Gasteiger partial charge >= 0.3 is 0 Å². The summed E-state index contributed by atoms with van der Waals surface area (Å²) in [6, 6.07) is 14.1. The van der Waals surface area contributed by atoms with E-state index in [-0.39, 0.29) is 11.8 Å². The van der Waals surface area contributed by atoms with E-state index in [1.165, 1.54) is 13.0 Å². The summed E-state index contributed by atoms with van der Waals surface area (Å²) in [5.74, 6) is -0.416. The third kappa shape index (κ3) is 5.07. The van der Waals surface area contributed by atoms with Gasteiger partial charge in [-0.05, 0) is 42.0 Å². The standard InChI is InChI=1S/C17H15ClN2O2/c1-12(21)19-15-3-2-4-16(11-15)20-17(22)10-7-13-5-8-14(18)9-6-13/h2-11H,1H3,(H,19,21)(H,20,22)/b10-7+. The summed E-state index contributed by atoms with van der Waals surface area (Å²) in [5, 5.41) is 6.04. The first kappa shape index (κ1) is 15.8. The molecule has 0 unspecified atom stereocenters. The number of rotatable bonds is 4. The SMILES string of the molecule is CC(=O)Nc1cccc(NC(=O)/C=C/c2ccc(Cl)cc2)c1. The molecule has 4 nitrogen and oxygen atoms in total. The van der Waals surface area contributed by atoms with Gasteiger partial charge in [0.05, 0.1) is 0 Å². The topological polar surface area (TPSA) is 58.2 Å². The molecule has 112 valence electrons. The number of benzene rings is 2. The van der Waals surface area contributed by atoms with E-state index in [4.69, 9.17) is 11.6 Å². The lowest BCUT2D eigenvalue weighted by Gasteiger charge is -2.06. The summed E-state index contributed by atoms with van der Waals surface area (Å²) in [6.07, 6.45) is 3.14. The third-order valence-electron chi connectivity index (χ3n) is 2.75. The number of hydrogen-bond acceptors (Lipinski definition) is 2. The zero-order valence-electron chi connectivity index (χ0n) is 12.0. The predicted octanol–water partition coefficient (Wildman–Crippen LogP) is 3.95. The van der Waals surface area contributed by atoms with E-state index in [9.17, 15) is 9.59 Å².